The predicted molar refractivity (Wildman–Crippen MR) is 110 cm³/mol. The van der Waals surface area contributed by atoms with Crippen LogP contribution in [-0.4, -0.2) is 25.6 Å². The van der Waals surface area contributed by atoms with Crippen molar-refractivity contribution < 1.29 is 9.18 Å². The van der Waals surface area contributed by atoms with Crippen LogP contribution in [0.3, 0.4) is 0 Å². The van der Waals surface area contributed by atoms with E-state index in [-0.39, 0.29) is 5.82 Å². The van der Waals surface area contributed by atoms with Gasteiger partial charge in [0.1, 0.15) is 16.7 Å². The van der Waals surface area contributed by atoms with Gasteiger partial charge in [-0.25, -0.2) is 14.2 Å². The van der Waals surface area contributed by atoms with Crippen LogP contribution in [-0.2, 0) is 0 Å². The Bertz CT molecular complexity index is 1170. The maximum atomic E-state index is 12.9. The van der Waals surface area contributed by atoms with Crippen LogP contribution < -0.4 is 10.6 Å². The van der Waals surface area contributed by atoms with E-state index >= 15 is 0 Å². The third kappa shape index (κ3) is 4.52. The predicted octanol–water partition coefficient (Wildman–Crippen LogP) is 4.68. The average Bonchev–Trinajstić information content (AvgIpc) is 3.05. The molecule has 0 fully saturated rings. The molecule has 0 aliphatic carbocycles. The number of halogens is 1. The second-order valence-electron chi connectivity index (χ2n) is 6.32. The minimum Gasteiger partial charge on any atom is -0.308 e. The van der Waals surface area contributed by atoms with Crippen molar-refractivity contribution >= 4 is 34.9 Å². The molecule has 2 N–H and O–H groups in total. The first-order valence-electron chi connectivity index (χ1n) is 8.79. The number of anilines is 2. The Hall–Kier alpha value is -3.46. The molecule has 4 aromatic rings. The first-order valence-corrected chi connectivity index (χ1v) is 9.60. The standard InChI is InChI=1S/C20H17FN6OS/c1-12-11-18(27-19(22-12)23-13(2)26-27)29-17-9-7-16(8-10-17)25-20(28)24-15-5-3-14(21)4-6-15/h3-11H,1-2H3,(H2,24,25,28). The second-order valence-corrected chi connectivity index (χ2v) is 7.41. The zero-order chi connectivity index (χ0) is 20.4. The molecule has 0 saturated carbocycles. The maximum Gasteiger partial charge on any atom is 0.323 e. The molecule has 2 aromatic carbocycles. The highest BCUT2D eigenvalue weighted by atomic mass is 32.2. The molecule has 2 heterocycles. The number of hydrogen-bond acceptors (Lipinski definition) is 5. The highest BCUT2D eigenvalue weighted by Gasteiger charge is 2.10. The van der Waals surface area contributed by atoms with Gasteiger partial charge in [0, 0.05) is 22.0 Å². The topological polar surface area (TPSA) is 84.2 Å². The number of nitrogens with zero attached hydrogens (tertiary/aromatic N) is 4. The fourth-order valence-corrected chi connectivity index (χ4v) is 3.63. The minimum atomic E-state index is -0.401. The van der Waals surface area contributed by atoms with Crippen LogP contribution in [0, 0.1) is 19.7 Å². The summed E-state index contributed by atoms with van der Waals surface area (Å²) in [6.45, 7) is 3.75. The van der Waals surface area contributed by atoms with Crippen LogP contribution in [0.25, 0.3) is 5.78 Å². The van der Waals surface area contributed by atoms with Gasteiger partial charge in [0.05, 0.1) is 0 Å². The molecule has 4 rings (SSSR count). The summed E-state index contributed by atoms with van der Waals surface area (Å²) in [6, 6.07) is 14.6. The van der Waals surface area contributed by atoms with Gasteiger partial charge in [0.15, 0.2) is 0 Å². The number of hydrogen-bond donors (Lipinski definition) is 2. The number of benzene rings is 2. The molecule has 0 aliphatic heterocycles. The largest absolute Gasteiger partial charge is 0.323 e. The van der Waals surface area contributed by atoms with Crippen LogP contribution in [0.1, 0.15) is 11.5 Å². The number of amides is 2. The van der Waals surface area contributed by atoms with Crippen molar-refractivity contribution in [2.75, 3.05) is 10.6 Å². The summed E-state index contributed by atoms with van der Waals surface area (Å²) in [5.74, 6) is 0.879. The first kappa shape index (κ1) is 18.9. The van der Waals surface area contributed by atoms with Crippen molar-refractivity contribution in [1.29, 1.82) is 0 Å². The number of urea groups is 1. The van der Waals surface area contributed by atoms with E-state index < -0.39 is 6.03 Å². The molecule has 0 bridgehead atoms. The number of carbonyl (C=O) groups excluding carboxylic acids is 1. The van der Waals surface area contributed by atoms with E-state index in [4.69, 9.17) is 0 Å². The van der Waals surface area contributed by atoms with Gasteiger partial charge in [-0.3, -0.25) is 0 Å². The summed E-state index contributed by atoms with van der Waals surface area (Å²) < 4.78 is 14.6. The van der Waals surface area contributed by atoms with Crippen LogP contribution >= 0.6 is 11.8 Å². The Kier molecular flexibility index (Phi) is 5.13. The summed E-state index contributed by atoms with van der Waals surface area (Å²) in [5, 5.41) is 10.7. The summed E-state index contributed by atoms with van der Waals surface area (Å²) in [5.41, 5.74) is 2.01. The molecule has 0 spiro atoms. The number of aryl methyl sites for hydroxylation is 2. The fraction of sp³-hybridized carbons (Fsp3) is 0.100. The van der Waals surface area contributed by atoms with Gasteiger partial charge in [0.2, 0.25) is 0 Å². The minimum absolute atomic E-state index is 0.355. The van der Waals surface area contributed by atoms with Crippen molar-refractivity contribution in [3.05, 3.63) is 71.9 Å². The molecule has 0 radical (unpaired) electrons. The summed E-state index contributed by atoms with van der Waals surface area (Å²) in [7, 11) is 0. The van der Waals surface area contributed by atoms with Crippen LogP contribution in [0.4, 0.5) is 20.6 Å². The highest BCUT2D eigenvalue weighted by Crippen LogP contribution is 2.29. The van der Waals surface area contributed by atoms with E-state index in [9.17, 15) is 9.18 Å². The van der Waals surface area contributed by atoms with Crippen LogP contribution in [0.2, 0.25) is 0 Å². The normalized spacial score (nSPS) is 10.9. The van der Waals surface area contributed by atoms with Gasteiger partial charge in [0.25, 0.3) is 5.78 Å². The van der Waals surface area contributed by atoms with E-state index in [0.29, 0.717) is 23.0 Å². The monoisotopic (exact) mass is 408 g/mol. The molecule has 0 atom stereocenters. The molecule has 0 aliphatic rings. The number of aromatic nitrogens is 4. The van der Waals surface area contributed by atoms with Crippen LogP contribution in [0.5, 0.6) is 0 Å². The van der Waals surface area contributed by atoms with Gasteiger partial charge in [-0.2, -0.15) is 9.50 Å². The zero-order valence-corrected chi connectivity index (χ0v) is 16.5. The van der Waals surface area contributed by atoms with Crippen molar-refractivity contribution in [3.63, 3.8) is 0 Å². The van der Waals surface area contributed by atoms with E-state index in [1.165, 1.54) is 36.0 Å². The summed E-state index contributed by atoms with van der Waals surface area (Å²) in [4.78, 5) is 21.8. The fourth-order valence-electron chi connectivity index (χ4n) is 2.68. The lowest BCUT2D eigenvalue weighted by atomic mass is 10.3. The molecular weight excluding hydrogens is 391 g/mol. The summed E-state index contributed by atoms with van der Waals surface area (Å²) >= 11 is 1.53. The van der Waals surface area contributed by atoms with Gasteiger partial charge >= 0.3 is 6.03 Å². The van der Waals surface area contributed by atoms with Gasteiger partial charge < -0.3 is 10.6 Å². The third-order valence-electron chi connectivity index (χ3n) is 3.95. The quantitative estimate of drug-likeness (QED) is 0.479. The number of fused-ring (bicyclic) bond motifs is 1. The molecule has 146 valence electrons. The molecule has 0 unspecified atom stereocenters. The lowest BCUT2D eigenvalue weighted by Crippen LogP contribution is -2.19. The van der Waals surface area contributed by atoms with Crippen molar-refractivity contribution in [2.24, 2.45) is 0 Å². The van der Waals surface area contributed by atoms with E-state index in [1.807, 2.05) is 44.2 Å². The second kappa shape index (κ2) is 7.88. The highest BCUT2D eigenvalue weighted by molar-refractivity contribution is 7.99. The molecule has 0 saturated heterocycles. The molecule has 2 amide bonds. The summed E-state index contributed by atoms with van der Waals surface area (Å²) in [6.07, 6.45) is 0. The molecule has 2 aromatic heterocycles. The third-order valence-corrected chi connectivity index (χ3v) is 4.96. The lowest BCUT2D eigenvalue weighted by molar-refractivity contribution is 0.262. The van der Waals surface area contributed by atoms with Gasteiger partial charge in [-0.15, -0.1) is 5.10 Å². The van der Waals surface area contributed by atoms with E-state index in [0.717, 1.165) is 15.6 Å². The van der Waals surface area contributed by atoms with E-state index in [1.54, 1.807) is 4.52 Å². The molecule has 29 heavy (non-hydrogen) atoms. The van der Waals surface area contributed by atoms with Crippen molar-refractivity contribution in [2.45, 2.75) is 23.8 Å². The molecular formula is C20H17FN6OS. The Labute approximate surface area is 170 Å². The van der Waals surface area contributed by atoms with Crippen molar-refractivity contribution in [1.82, 2.24) is 19.6 Å². The van der Waals surface area contributed by atoms with Crippen molar-refractivity contribution in [3.8, 4) is 0 Å². The molecule has 9 heteroatoms. The average molecular weight is 408 g/mol. The Morgan fingerprint density at radius 1 is 0.966 bits per heavy atom. The smallest absolute Gasteiger partial charge is 0.308 e. The Morgan fingerprint density at radius 2 is 1.59 bits per heavy atom. The maximum absolute atomic E-state index is 12.9. The van der Waals surface area contributed by atoms with Gasteiger partial charge in [-0.1, -0.05) is 11.8 Å². The molecule has 7 nitrogen and oxygen atoms in total. The van der Waals surface area contributed by atoms with E-state index in [2.05, 4.69) is 25.7 Å². The first-order chi connectivity index (χ1) is 14.0. The Morgan fingerprint density at radius 3 is 2.24 bits per heavy atom. The number of nitrogens with one attached hydrogen (secondary N) is 2. The lowest BCUT2D eigenvalue weighted by Gasteiger charge is -2.09. The SMILES string of the molecule is Cc1cc(Sc2ccc(NC(=O)Nc3ccc(F)cc3)cc2)n2nc(C)nc2n1. The van der Waals surface area contributed by atoms with Gasteiger partial charge in [-0.05, 0) is 68.4 Å². The van der Waals surface area contributed by atoms with Crippen LogP contribution in [0.15, 0.2) is 64.5 Å². The number of rotatable bonds is 4. The zero-order valence-electron chi connectivity index (χ0n) is 15.7. The number of carbonyl (C=O) groups is 1. The Balaban J connectivity index is 1.44.